The zero-order chi connectivity index (χ0) is 20.5. The van der Waals surface area contributed by atoms with Crippen molar-refractivity contribution in [3.63, 3.8) is 0 Å². The monoisotopic (exact) mass is 397 g/mol. The van der Waals surface area contributed by atoms with Crippen LogP contribution in [0.4, 0.5) is 5.69 Å². The Hall–Kier alpha value is -3.29. The van der Waals surface area contributed by atoms with E-state index >= 15 is 0 Å². The number of ether oxygens (including phenoxy) is 2. The predicted molar refractivity (Wildman–Crippen MR) is 108 cm³/mol. The number of furan rings is 1. The van der Waals surface area contributed by atoms with E-state index in [-0.39, 0.29) is 28.3 Å². The minimum absolute atomic E-state index is 0.115. The first-order valence-electron chi connectivity index (χ1n) is 9.57. The van der Waals surface area contributed by atoms with Crippen LogP contribution in [0.25, 0.3) is 11.1 Å². The second-order valence-electron chi connectivity index (χ2n) is 7.13. The van der Waals surface area contributed by atoms with E-state index in [1.54, 1.807) is 29.7 Å². The molecule has 2 aromatic heterocycles. The SMILES string of the molecule is COc1ccc(OC)c(NC(=O)c2c(C)oc3ncn(C4CCCC4)c(=O)c23)c1. The number of aryl methyl sites for hydroxylation is 1. The summed E-state index contributed by atoms with van der Waals surface area (Å²) in [5.41, 5.74) is 0.548. The number of methoxy groups -OCH3 is 2. The van der Waals surface area contributed by atoms with Gasteiger partial charge in [0.1, 0.15) is 29.0 Å². The summed E-state index contributed by atoms with van der Waals surface area (Å²) in [7, 11) is 3.05. The number of anilines is 1. The molecule has 0 atom stereocenters. The summed E-state index contributed by atoms with van der Waals surface area (Å²) in [5.74, 6) is 0.926. The molecule has 3 aromatic rings. The molecule has 0 radical (unpaired) electrons. The van der Waals surface area contributed by atoms with Gasteiger partial charge in [-0.2, -0.15) is 0 Å². The maximum Gasteiger partial charge on any atom is 0.265 e. The molecule has 29 heavy (non-hydrogen) atoms. The second kappa shape index (κ2) is 7.62. The van der Waals surface area contributed by atoms with Gasteiger partial charge in [-0.25, -0.2) is 4.98 Å². The third kappa shape index (κ3) is 3.35. The van der Waals surface area contributed by atoms with Crippen molar-refractivity contribution in [3.8, 4) is 11.5 Å². The molecule has 1 saturated carbocycles. The van der Waals surface area contributed by atoms with Crippen LogP contribution in [0.3, 0.4) is 0 Å². The number of nitrogens with one attached hydrogen (secondary N) is 1. The Labute approximate surface area is 167 Å². The van der Waals surface area contributed by atoms with Crippen LogP contribution in [-0.4, -0.2) is 29.7 Å². The molecule has 4 rings (SSSR count). The minimum atomic E-state index is -0.462. The highest BCUT2D eigenvalue weighted by Gasteiger charge is 2.26. The molecular weight excluding hydrogens is 374 g/mol. The summed E-state index contributed by atoms with van der Waals surface area (Å²) in [6, 6.07) is 5.20. The summed E-state index contributed by atoms with van der Waals surface area (Å²) in [6.07, 6.45) is 5.57. The number of carbonyl (C=O) groups excluding carboxylic acids is 1. The highest BCUT2D eigenvalue weighted by Crippen LogP contribution is 2.32. The Kier molecular flexibility index (Phi) is 5.00. The lowest BCUT2D eigenvalue weighted by atomic mass is 10.1. The van der Waals surface area contributed by atoms with Gasteiger partial charge in [0.25, 0.3) is 11.5 Å². The smallest absolute Gasteiger partial charge is 0.265 e. The van der Waals surface area contributed by atoms with E-state index in [1.165, 1.54) is 20.5 Å². The fourth-order valence-corrected chi connectivity index (χ4v) is 3.93. The first-order valence-corrected chi connectivity index (χ1v) is 9.57. The molecule has 0 aliphatic heterocycles. The second-order valence-corrected chi connectivity index (χ2v) is 7.13. The van der Waals surface area contributed by atoms with Crippen LogP contribution in [0.5, 0.6) is 11.5 Å². The van der Waals surface area contributed by atoms with E-state index < -0.39 is 5.91 Å². The molecule has 0 unspecified atom stereocenters. The molecule has 2 heterocycles. The molecule has 1 fully saturated rings. The van der Waals surface area contributed by atoms with Gasteiger partial charge < -0.3 is 19.2 Å². The molecule has 1 amide bonds. The number of amides is 1. The van der Waals surface area contributed by atoms with Crippen molar-refractivity contribution in [2.45, 2.75) is 38.6 Å². The topological polar surface area (TPSA) is 95.6 Å². The number of hydrogen-bond acceptors (Lipinski definition) is 6. The Balaban J connectivity index is 1.77. The Morgan fingerprint density at radius 1 is 1.24 bits per heavy atom. The Morgan fingerprint density at radius 3 is 2.69 bits per heavy atom. The summed E-state index contributed by atoms with van der Waals surface area (Å²) < 4.78 is 17.8. The summed E-state index contributed by atoms with van der Waals surface area (Å²) >= 11 is 0. The van der Waals surface area contributed by atoms with Gasteiger partial charge in [-0.05, 0) is 31.9 Å². The lowest BCUT2D eigenvalue weighted by Crippen LogP contribution is -2.25. The highest BCUT2D eigenvalue weighted by molar-refractivity contribution is 6.13. The van der Waals surface area contributed by atoms with Crippen LogP contribution in [-0.2, 0) is 0 Å². The van der Waals surface area contributed by atoms with Crippen LogP contribution in [0.15, 0.2) is 33.7 Å². The highest BCUT2D eigenvalue weighted by atomic mass is 16.5. The van der Waals surface area contributed by atoms with Crippen molar-refractivity contribution < 1.29 is 18.7 Å². The van der Waals surface area contributed by atoms with E-state index in [1.807, 2.05) is 0 Å². The van der Waals surface area contributed by atoms with E-state index in [0.29, 0.717) is 22.9 Å². The summed E-state index contributed by atoms with van der Waals surface area (Å²) in [6.45, 7) is 1.65. The van der Waals surface area contributed by atoms with Crippen molar-refractivity contribution in [3.05, 3.63) is 46.2 Å². The molecule has 1 N–H and O–H groups in total. The largest absolute Gasteiger partial charge is 0.497 e. The summed E-state index contributed by atoms with van der Waals surface area (Å²) in [5, 5.41) is 3.01. The van der Waals surface area contributed by atoms with E-state index in [0.717, 1.165) is 25.7 Å². The number of benzene rings is 1. The van der Waals surface area contributed by atoms with Gasteiger partial charge in [0, 0.05) is 12.1 Å². The van der Waals surface area contributed by atoms with Gasteiger partial charge >= 0.3 is 0 Å². The quantitative estimate of drug-likeness (QED) is 0.706. The predicted octanol–water partition coefficient (Wildman–Crippen LogP) is 3.68. The zero-order valence-corrected chi connectivity index (χ0v) is 16.7. The van der Waals surface area contributed by atoms with Gasteiger partial charge in [-0.1, -0.05) is 12.8 Å². The third-order valence-electron chi connectivity index (χ3n) is 5.41. The number of aromatic nitrogens is 2. The maximum atomic E-state index is 13.2. The van der Waals surface area contributed by atoms with Crippen molar-refractivity contribution in [2.75, 3.05) is 19.5 Å². The average Bonchev–Trinajstić information content (AvgIpc) is 3.36. The first-order chi connectivity index (χ1) is 14.0. The van der Waals surface area contributed by atoms with Crippen LogP contribution in [0.2, 0.25) is 0 Å². The minimum Gasteiger partial charge on any atom is -0.497 e. The summed E-state index contributed by atoms with van der Waals surface area (Å²) in [4.78, 5) is 30.6. The van der Waals surface area contributed by atoms with E-state index in [4.69, 9.17) is 13.9 Å². The number of fused-ring (bicyclic) bond motifs is 1. The lowest BCUT2D eigenvalue weighted by molar-refractivity contribution is 0.102. The number of nitrogens with zero attached hydrogens (tertiary/aromatic N) is 2. The molecule has 152 valence electrons. The van der Waals surface area contributed by atoms with Crippen LogP contribution >= 0.6 is 0 Å². The Morgan fingerprint density at radius 2 is 2.00 bits per heavy atom. The van der Waals surface area contributed by atoms with Gasteiger partial charge in [-0.3, -0.25) is 14.2 Å². The van der Waals surface area contributed by atoms with Crippen LogP contribution in [0, 0.1) is 6.92 Å². The third-order valence-corrected chi connectivity index (χ3v) is 5.41. The number of carbonyl (C=O) groups is 1. The maximum absolute atomic E-state index is 13.2. The van der Waals surface area contributed by atoms with Crippen molar-refractivity contribution in [2.24, 2.45) is 0 Å². The standard InChI is InChI=1S/C21H23N3O5/c1-12-17(19(25)23-15-10-14(27-2)8-9-16(15)28-3)18-20(29-12)22-11-24(21(18)26)13-6-4-5-7-13/h8-11,13H,4-7H2,1-3H3,(H,23,25). The molecule has 0 bridgehead atoms. The van der Waals surface area contributed by atoms with Crippen LogP contribution in [0.1, 0.15) is 47.8 Å². The Bertz CT molecular complexity index is 1130. The molecule has 8 heteroatoms. The van der Waals surface area contributed by atoms with Crippen molar-refractivity contribution >= 4 is 22.7 Å². The molecule has 1 aliphatic carbocycles. The van der Waals surface area contributed by atoms with Crippen molar-refractivity contribution in [1.29, 1.82) is 0 Å². The molecule has 1 aliphatic rings. The molecule has 1 aromatic carbocycles. The first kappa shape index (κ1) is 19.0. The zero-order valence-electron chi connectivity index (χ0n) is 16.7. The van der Waals surface area contributed by atoms with Gasteiger partial charge in [0.2, 0.25) is 5.71 Å². The normalized spacial score (nSPS) is 14.3. The molecule has 0 spiro atoms. The van der Waals surface area contributed by atoms with E-state index in [9.17, 15) is 9.59 Å². The van der Waals surface area contributed by atoms with Gasteiger partial charge in [0.05, 0.1) is 25.5 Å². The van der Waals surface area contributed by atoms with Crippen molar-refractivity contribution in [1.82, 2.24) is 9.55 Å². The molecule has 0 saturated heterocycles. The molecular formula is C21H23N3O5. The van der Waals surface area contributed by atoms with Gasteiger partial charge in [0.15, 0.2) is 0 Å². The number of rotatable bonds is 5. The molecule has 8 nitrogen and oxygen atoms in total. The average molecular weight is 397 g/mol. The van der Waals surface area contributed by atoms with Gasteiger partial charge in [-0.15, -0.1) is 0 Å². The lowest BCUT2D eigenvalue weighted by Gasteiger charge is -2.13. The van der Waals surface area contributed by atoms with E-state index in [2.05, 4.69) is 10.3 Å². The fraction of sp³-hybridized carbons (Fsp3) is 0.381. The van der Waals surface area contributed by atoms with Crippen LogP contribution < -0.4 is 20.3 Å². The fourth-order valence-electron chi connectivity index (χ4n) is 3.93. The number of hydrogen-bond donors (Lipinski definition) is 1.